The first-order chi connectivity index (χ1) is 14.6. The molecule has 9 heteroatoms. The molecule has 0 aliphatic rings. The quantitative estimate of drug-likeness (QED) is 0.439. The highest BCUT2D eigenvalue weighted by atomic mass is 32.1. The highest BCUT2D eigenvalue weighted by molar-refractivity contribution is 7.13. The fraction of sp³-hybridized carbons (Fsp3) is 0.0476. The molecule has 4 rings (SSSR count). The van der Waals surface area contributed by atoms with Crippen LogP contribution < -0.4 is 21.1 Å². The lowest BCUT2D eigenvalue weighted by Gasteiger charge is -2.11. The maximum atomic E-state index is 12.4. The van der Waals surface area contributed by atoms with Gasteiger partial charge in [-0.25, -0.2) is 19.7 Å². The molecule has 0 saturated carbocycles. The van der Waals surface area contributed by atoms with Crippen LogP contribution in [0.25, 0.3) is 21.8 Å². The van der Waals surface area contributed by atoms with E-state index in [1.165, 1.54) is 17.7 Å². The third kappa shape index (κ3) is 4.20. The predicted molar refractivity (Wildman–Crippen MR) is 119 cm³/mol. The Morgan fingerprint density at radius 2 is 2.00 bits per heavy atom. The van der Waals surface area contributed by atoms with Gasteiger partial charge in [0, 0.05) is 22.8 Å². The lowest BCUT2D eigenvalue weighted by atomic mass is 10.1. The second-order valence-corrected chi connectivity index (χ2v) is 7.08. The number of methoxy groups -OCH3 is 1. The van der Waals surface area contributed by atoms with Gasteiger partial charge in [0.25, 0.3) is 0 Å². The van der Waals surface area contributed by atoms with Crippen molar-refractivity contribution in [3.8, 4) is 27.6 Å². The Labute approximate surface area is 176 Å². The number of aromatic nitrogens is 3. The van der Waals surface area contributed by atoms with Gasteiger partial charge in [0.15, 0.2) is 0 Å². The molecule has 0 spiro atoms. The molecule has 0 fully saturated rings. The first-order valence-electron chi connectivity index (χ1n) is 8.97. The number of anilines is 3. The molecular formula is C21H18N6O2S. The number of nitrogens with two attached hydrogens (primary N) is 1. The van der Waals surface area contributed by atoms with Gasteiger partial charge in [-0.2, -0.15) is 0 Å². The van der Waals surface area contributed by atoms with Crippen molar-refractivity contribution in [1.29, 1.82) is 0 Å². The van der Waals surface area contributed by atoms with E-state index in [0.29, 0.717) is 28.5 Å². The van der Waals surface area contributed by atoms with E-state index in [2.05, 4.69) is 25.6 Å². The van der Waals surface area contributed by atoms with E-state index in [1.54, 1.807) is 25.4 Å². The van der Waals surface area contributed by atoms with Crippen LogP contribution >= 0.6 is 11.3 Å². The van der Waals surface area contributed by atoms with Gasteiger partial charge in [0.2, 0.25) is 0 Å². The van der Waals surface area contributed by atoms with Crippen LogP contribution in [-0.4, -0.2) is 28.1 Å². The Balaban J connectivity index is 1.51. The molecule has 4 N–H and O–H groups in total. The van der Waals surface area contributed by atoms with Crippen LogP contribution in [0.3, 0.4) is 0 Å². The number of para-hydroxylation sites is 2. The van der Waals surface area contributed by atoms with Crippen LogP contribution in [0.5, 0.6) is 5.75 Å². The number of hydrogen-bond donors (Lipinski definition) is 3. The monoisotopic (exact) mass is 418 g/mol. The second kappa shape index (κ2) is 8.58. The summed E-state index contributed by atoms with van der Waals surface area (Å²) >= 11 is 1.45. The van der Waals surface area contributed by atoms with Gasteiger partial charge in [-0.1, -0.05) is 24.3 Å². The fourth-order valence-corrected chi connectivity index (χ4v) is 3.67. The zero-order valence-electron chi connectivity index (χ0n) is 16.0. The van der Waals surface area contributed by atoms with E-state index < -0.39 is 0 Å². The Morgan fingerprint density at radius 1 is 1.13 bits per heavy atom. The van der Waals surface area contributed by atoms with Gasteiger partial charge >= 0.3 is 6.03 Å². The van der Waals surface area contributed by atoms with Crippen molar-refractivity contribution in [2.75, 3.05) is 23.5 Å². The largest absolute Gasteiger partial charge is 0.495 e. The zero-order valence-corrected chi connectivity index (χ0v) is 16.8. The van der Waals surface area contributed by atoms with Crippen molar-refractivity contribution in [1.82, 2.24) is 15.0 Å². The summed E-state index contributed by atoms with van der Waals surface area (Å²) in [5.74, 6) is 0.967. The molecular weight excluding hydrogens is 400 g/mol. The van der Waals surface area contributed by atoms with Gasteiger partial charge < -0.3 is 21.1 Å². The summed E-state index contributed by atoms with van der Waals surface area (Å²) in [4.78, 5) is 25.1. The fourth-order valence-electron chi connectivity index (χ4n) is 2.82. The number of nitrogens with zero attached hydrogens (tertiary/aromatic N) is 3. The van der Waals surface area contributed by atoms with Crippen LogP contribution in [0, 0.1) is 0 Å². The van der Waals surface area contributed by atoms with E-state index in [0.717, 1.165) is 16.3 Å². The molecule has 8 nitrogen and oxygen atoms in total. The second-order valence-electron chi connectivity index (χ2n) is 6.22. The standard InChI is InChI=1S/C21H18N6O2S/c1-29-18-8-3-2-7-16(18)27-21(28)25-14-6-4-5-13(9-14)17-11-30-20(26-17)15-10-23-12-24-19(15)22/h2-12H,1H3,(H2,22,23,24)(H2,25,27,28). The average molecular weight is 418 g/mol. The number of rotatable bonds is 5. The molecule has 2 heterocycles. The lowest BCUT2D eigenvalue weighted by molar-refractivity contribution is 0.262. The van der Waals surface area contributed by atoms with Gasteiger partial charge in [-0.05, 0) is 24.3 Å². The van der Waals surface area contributed by atoms with Crippen molar-refractivity contribution in [2.45, 2.75) is 0 Å². The summed E-state index contributed by atoms with van der Waals surface area (Å²) in [6, 6.07) is 14.3. The molecule has 30 heavy (non-hydrogen) atoms. The van der Waals surface area contributed by atoms with Crippen molar-refractivity contribution in [3.63, 3.8) is 0 Å². The average Bonchev–Trinajstić information content (AvgIpc) is 3.25. The summed E-state index contributed by atoms with van der Waals surface area (Å²) in [5, 5.41) is 8.27. The van der Waals surface area contributed by atoms with Gasteiger partial charge in [0.05, 0.1) is 24.1 Å². The molecule has 0 atom stereocenters. The summed E-state index contributed by atoms with van der Waals surface area (Å²) < 4.78 is 5.25. The highest BCUT2D eigenvalue weighted by Crippen LogP contribution is 2.31. The van der Waals surface area contributed by atoms with Crippen molar-refractivity contribution >= 4 is 34.6 Å². The van der Waals surface area contributed by atoms with Gasteiger partial charge in [-0.15, -0.1) is 11.3 Å². The number of amides is 2. The molecule has 0 saturated heterocycles. The molecule has 0 radical (unpaired) electrons. The lowest BCUT2D eigenvalue weighted by Crippen LogP contribution is -2.19. The molecule has 150 valence electrons. The van der Waals surface area contributed by atoms with Crippen molar-refractivity contribution in [3.05, 3.63) is 66.4 Å². The Morgan fingerprint density at radius 3 is 2.83 bits per heavy atom. The molecule has 0 bridgehead atoms. The normalized spacial score (nSPS) is 10.4. The summed E-state index contributed by atoms with van der Waals surface area (Å²) in [6.07, 6.45) is 3.05. The molecule has 2 aromatic carbocycles. The number of carbonyl (C=O) groups is 1. The molecule has 4 aromatic rings. The Hall–Kier alpha value is -3.98. The maximum absolute atomic E-state index is 12.4. The van der Waals surface area contributed by atoms with E-state index in [4.69, 9.17) is 10.5 Å². The van der Waals surface area contributed by atoms with E-state index in [9.17, 15) is 4.79 Å². The zero-order chi connectivity index (χ0) is 20.9. The highest BCUT2D eigenvalue weighted by Gasteiger charge is 2.12. The minimum Gasteiger partial charge on any atom is -0.495 e. The minimum absolute atomic E-state index is 0.371. The summed E-state index contributed by atoms with van der Waals surface area (Å²) in [7, 11) is 1.55. The first-order valence-corrected chi connectivity index (χ1v) is 9.85. The van der Waals surface area contributed by atoms with E-state index in [1.807, 2.05) is 41.8 Å². The number of ether oxygens (including phenoxy) is 1. The first kappa shape index (κ1) is 19.3. The number of carbonyl (C=O) groups excluding carboxylic acids is 1. The van der Waals surface area contributed by atoms with Gasteiger partial charge in [0.1, 0.15) is 22.9 Å². The van der Waals surface area contributed by atoms with Crippen LogP contribution in [0.15, 0.2) is 66.4 Å². The van der Waals surface area contributed by atoms with E-state index >= 15 is 0 Å². The van der Waals surface area contributed by atoms with E-state index in [-0.39, 0.29) is 6.03 Å². The minimum atomic E-state index is -0.371. The predicted octanol–water partition coefficient (Wildman–Crippen LogP) is 4.50. The number of thiazole rings is 1. The third-order valence-corrected chi connectivity index (χ3v) is 5.12. The topological polar surface area (TPSA) is 115 Å². The van der Waals surface area contributed by atoms with Crippen LogP contribution in [0.2, 0.25) is 0 Å². The molecule has 0 unspecified atom stereocenters. The molecule has 2 amide bonds. The number of benzene rings is 2. The molecule has 0 aliphatic heterocycles. The Bertz CT molecular complexity index is 1190. The van der Waals surface area contributed by atoms with Crippen molar-refractivity contribution < 1.29 is 9.53 Å². The Kier molecular flexibility index (Phi) is 5.53. The summed E-state index contributed by atoms with van der Waals surface area (Å²) in [6.45, 7) is 0. The number of hydrogen-bond acceptors (Lipinski definition) is 7. The molecule has 0 aliphatic carbocycles. The van der Waals surface area contributed by atoms with Gasteiger partial charge in [-0.3, -0.25) is 0 Å². The van der Waals surface area contributed by atoms with Crippen LogP contribution in [0.4, 0.5) is 22.0 Å². The third-order valence-electron chi connectivity index (χ3n) is 4.25. The number of nitrogens with one attached hydrogen (secondary N) is 2. The number of nitrogen functional groups attached to an aromatic ring is 1. The summed E-state index contributed by atoms with van der Waals surface area (Å²) in [5.41, 5.74) is 9.46. The molecule has 2 aromatic heterocycles. The van der Waals surface area contributed by atoms with Crippen molar-refractivity contribution in [2.24, 2.45) is 0 Å². The SMILES string of the molecule is COc1ccccc1NC(=O)Nc1cccc(-c2csc(-c3cncnc3N)n2)c1. The number of urea groups is 1. The van der Waals surface area contributed by atoms with Crippen LogP contribution in [0.1, 0.15) is 0 Å². The maximum Gasteiger partial charge on any atom is 0.323 e. The smallest absolute Gasteiger partial charge is 0.323 e. The van der Waals surface area contributed by atoms with Crippen LogP contribution in [-0.2, 0) is 0 Å².